The van der Waals surface area contributed by atoms with Crippen LogP contribution in [0.15, 0.2) is 18.2 Å². The van der Waals surface area contributed by atoms with Crippen LogP contribution in [0, 0.1) is 0 Å². The number of methoxy groups -OCH3 is 1. The molecule has 136 valence electrons. The van der Waals surface area contributed by atoms with Gasteiger partial charge in [0.1, 0.15) is 17.5 Å². The van der Waals surface area contributed by atoms with Gasteiger partial charge in [-0.25, -0.2) is 9.59 Å². The SMILES string of the molecule is COC(=O)c1cc(OC2CC(NC(=O)OC(C)(C)C)C2)ccc1C=O. The molecule has 1 fully saturated rings. The third-order valence-corrected chi connectivity index (χ3v) is 3.68. The fraction of sp³-hybridized carbons (Fsp3) is 0.500. The molecule has 0 radical (unpaired) electrons. The summed E-state index contributed by atoms with van der Waals surface area (Å²) in [6, 6.07) is 4.63. The number of carbonyl (C=O) groups excluding carboxylic acids is 3. The summed E-state index contributed by atoms with van der Waals surface area (Å²) in [5, 5.41) is 2.78. The summed E-state index contributed by atoms with van der Waals surface area (Å²) >= 11 is 0. The highest BCUT2D eigenvalue weighted by Crippen LogP contribution is 2.27. The summed E-state index contributed by atoms with van der Waals surface area (Å²) in [5.41, 5.74) is -0.121. The largest absolute Gasteiger partial charge is 0.490 e. The topological polar surface area (TPSA) is 90.9 Å². The molecule has 1 aliphatic rings. The molecule has 7 heteroatoms. The van der Waals surface area contributed by atoms with Crippen molar-refractivity contribution in [2.75, 3.05) is 7.11 Å². The first-order valence-corrected chi connectivity index (χ1v) is 8.05. The maximum atomic E-state index is 11.7. The Morgan fingerprint density at radius 1 is 1.24 bits per heavy atom. The van der Waals surface area contributed by atoms with E-state index in [0.29, 0.717) is 24.9 Å². The van der Waals surface area contributed by atoms with E-state index in [9.17, 15) is 14.4 Å². The molecule has 0 aromatic heterocycles. The molecule has 7 nitrogen and oxygen atoms in total. The molecule has 1 aromatic rings. The number of ether oxygens (including phenoxy) is 3. The molecule has 1 amide bonds. The standard InChI is InChI=1S/C18H23NO6/c1-18(2,3)25-17(22)19-12-7-14(8-12)24-13-6-5-11(10-20)15(9-13)16(21)23-4/h5-6,9-10,12,14H,7-8H2,1-4H3,(H,19,22). The van der Waals surface area contributed by atoms with Gasteiger partial charge >= 0.3 is 12.1 Å². The molecule has 0 heterocycles. The maximum absolute atomic E-state index is 11.7. The van der Waals surface area contributed by atoms with E-state index in [4.69, 9.17) is 9.47 Å². The van der Waals surface area contributed by atoms with Crippen LogP contribution in [0.5, 0.6) is 5.75 Å². The molecule has 0 unspecified atom stereocenters. The van der Waals surface area contributed by atoms with Gasteiger partial charge in [0.25, 0.3) is 0 Å². The molecule has 1 aliphatic carbocycles. The lowest BCUT2D eigenvalue weighted by Crippen LogP contribution is -2.50. The van der Waals surface area contributed by atoms with Crippen LogP contribution in [-0.4, -0.2) is 43.2 Å². The predicted molar refractivity (Wildman–Crippen MR) is 90.0 cm³/mol. The van der Waals surface area contributed by atoms with Crippen LogP contribution in [0.25, 0.3) is 0 Å². The van der Waals surface area contributed by atoms with Gasteiger partial charge in [0.2, 0.25) is 0 Å². The highest BCUT2D eigenvalue weighted by Gasteiger charge is 2.33. The molecule has 0 spiro atoms. The van der Waals surface area contributed by atoms with Gasteiger partial charge in [-0.1, -0.05) is 0 Å². The van der Waals surface area contributed by atoms with Gasteiger partial charge in [-0.2, -0.15) is 0 Å². The molecule has 1 saturated carbocycles. The Hall–Kier alpha value is -2.57. The molecule has 25 heavy (non-hydrogen) atoms. The Morgan fingerprint density at radius 3 is 2.48 bits per heavy atom. The number of amides is 1. The van der Waals surface area contributed by atoms with Crippen LogP contribution in [0.3, 0.4) is 0 Å². The molecule has 1 N–H and O–H groups in total. The smallest absolute Gasteiger partial charge is 0.407 e. The molecule has 0 bridgehead atoms. The normalized spacial score (nSPS) is 19.4. The molecule has 0 aliphatic heterocycles. The van der Waals surface area contributed by atoms with E-state index in [1.165, 1.54) is 19.2 Å². The second-order valence-corrected chi connectivity index (χ2v) is 6.91. The minimum absolute atomic E-state index is 0.00539. The number of carbonyl (C=O) groups is 3. The van der Waals surface area contributed by atoms with E-state index in [1.54, 1.807) is 26.8 Å². The summed E-state index contributed by atoms with van der Waals surface area (Å²) in [5.74, 6) is -0.114. The minimum atomic E-state index is -0.592. The number of nitrogens with one attached hydrogen (secondary N) is 1. The average Bonchev–Trinajstić information content (AvgIpc) is 2.50. The molecular weight excluding hydrogens is 326 g/mol. The van der Waals surface area contributed by atoms with Crippen LogP contribution in [0.2, 0.25) is 0 Å². The Bertz CT molecular complexity index is 658. The van der Waals surface area contributed by atoms with Crippen LogP contribution in [-0.2, 0) is 9.47 Å². The van der Waals surface area contributed by atoms with Crippen molar-refractivity contribution in [2.24, 2.45) is 0 Å². The number of aldehydes is 1. The van der Waals surface area contributed by atoms with Gasteiger partial charge in [0, 0.05) is 24.4 Å². The number of benzene rings is 1. The highest BCUT2D eigenvalue weighted by molar-refractivity contribution is 5.98. The lowest BCUT2D eigenvalue weighted by atomic mass is 9.89. The van der Waals surface area contributed by atoms with Crippen LogP contribution in [0.1, 0.15) is 54.3 Å². The fourth-order valence-corrected chi connectivity index (χ4v) is 2.44. The minimum Gasteiger partial charge on any atom is -0.490 e. The first kappa shape index (κ1) is 18.8. The van der Waals surface area contributed by atoms with Gasteiger partial charge in [0.15, 0.2) is 6.29 Å². The van der Waals surface area contributed by atoms with Gasteiger partial charge in [-0.15, -0.1) is 0 Å². The third kappa shape index (κ3) is 5.20. The molecule has 0 saturated heterocycles. The first-order valence-electron chi connectivity index (χ1n) is 8.05. The van der Waals surface area contributed by atoms with Crippen LogP contribution < -0.4 is 10.1 Å². The molecular formula is C18H23NO6. The zero-order valence-corrected chi connectivity index (χ0v) is 14.8. The second kappa shape index (κ2) is 7.55. The third-order valence-electron chi connectivity index (χ3n) is 3.68. The monoisotopic (exact) mass is 349 g/mol. The van der Waals surface area contributed by atoms with Crippen molar-refractivity contribution in [3.63, 3.8) is 0 Å². The summed E-state index contributed by atoms with van der Waals surface area (Å²) in [6.07, 6.45) is 1.36. The Morgan fingerprint density at radius 2 is 1.92 bits per heavy atom. The van der Waals surface area contributed by atoms with Gasteiger partial charge < -0.3 is 19.5 Å². The van der Waals surface area contributed by atoms with Crippen molar-refractivity contribution in [3.8, 4) is 5.75 Å². The predicted octanol–water partition coefficient (Wildman–Crippen LogP) is 2.72. The van der Waals surface area contributed by atoms with Crippen LogP contribution >= 0.6 is 0 Å². The Balaban J connectivity index is 1.88. The van der Waals surface area contributed by atoms with Crippen molar-refractivity contribution < 1.29 is 28.6 Å². The summed E-state index contributed by atoms with van der Waals surface area (Å²) in [6.45, 7) is 5.42. The van der Waals surface area contributed by atoms with Crippen molar-refractivity contribution >= 4 is 18.3 Å². The second-order valence-electron chi connectivity index (χ2n) is 6.91. The van der Waals surface area contributed by atoms with Crippen LogP contribution in [0.4, 0.5) is 4.79 Å². The number of rotatable bonds is 5. The zero-order chi connectivity index (χ0) is 18.6. The highest BCUT2D eigenvalue weighted by atomic mass is 16.6. The number of hydrogen-bond donors (Lipinski definition) is 1. The summed E-state index contributed by atoms with van der Waals surface area (Å²) < 4.78 is 15.6. The van der Waals surface area contributed by atoms with Gasteiger partial charge in [-0.3, -0.25) is 4.79 Å². The van der Waals surface area contributed by atoms with E-state index in [-0.39, 0.29) is 23.3 Å². The molecule has 0 atom stereocenters. The number of alkyl carbamates (subject to hydrolysis) is 1. The van der Waals surface area contributed by atoms with Crippen molar-refractivity contribution in [3.05, 3.63) is 29.3 Å². The molecule has 1 aromatic carbocycles. The lowest BCUT2D eigenvalue weighted by Gasteiger charge is -2.36. The average molecular weight is 349 g/mol. The Kier molecular flexibility index (Phi) is 5.66. The fourth-order valence-electron chi connectivity index (χ4n) is 2.44. The lowest BCUT2D eigenvalue weighted by molar-refractivity contribution is 0.0361. The zero-order valence-electron chi connectivity index (χ0n) is 14.8. The van der Waals surface area contributed by atoms with E-state index >= 15 is 0 Å². The molecule has 2 rings (SSSR count). The number of hydrogen-bond acceptors (Lipinski definition) is 6. The first-order chi connectivity index (χ1) is 11.7. The summed E-state index contributed by atoms with van der Waals surface area (Å²) in [4.78, 5) is 34.4. The summed E-state index contributed by atoms with van der Waals surface area (Å²) in [7, 11) is 1.25. The van der Waals surface area contributed by atoms with E-state index < -0.39 is 17.7 Å². The van der Waals surface area contributed by atoms with Gasteiger partial charge in [0.05, 0.1) is 12.7 Å². The Labute approximate surface area is 146 Å². The van der Waals surface area contributed by atoms with Crippen molar-refractivity contribution in [1.82, 2.24) is 5.32 Å². The van der Waals surface area contributed by atoms with Gasteiger partial charge in [-0.05, 0) is 39.0 Å². The van der Waals surface area contributed by atoms with E-state index in [0.717, 1.165) is 0 Å². The van der Waals surface area contributed by atoms with Crippen molar-refractivity contribution in [2.45, 2.75) is 51.4 Å². The maximum Gasteiger partial charge on any atom is 0.407 e. The van der Waals surface area contributed by atoms with Crippen molar-refractivity contribution in [1.29, 1.82) is 0 Å². The number of esters is 1. The quantitative estimate of drug-likeness (QED) is 0.649. The van der Waals surface area contributed by atoms with E-state index in [2.05, 4.69) is 10.1 Å². The van der Waals surface area contributed by atoms with E-state index in [1.807, 2.05) is 0 Å².